The summed E-state index contributed by atoms with van der Waals surface area (Å²) in [6.07, 6.45) is 8.93. The number of carbonyl (C=O) groups is 2. The Bertz CT molecular complexity index is 990. The van der Waals surface area contributed by atoms with Crippen molar-refractivity contribution < 1.29 is 9.59 Å². The van der Waals surface area contributed by atoms with Crippen LogP contribution >= 0.6 is 34.8 Å². The highest BCUT2D eigenvalue weighted by atomic mass is 35.5. The average Bonchev–Trinajstić information content (AvgIpc) is 3.21. The van der Waals surface area contributed by atoms with Gasteiger partial charge in [0.25, 0.3) is 0 Å². The van der Waals surface area contributed by atoms with Gasteiger partial charge in [0.1, 0.15) is 11.6 Å². The highest BCUT2D eigenvalue weighted by Gasteiger charge is 2.30. The van der Waals surface area contributed by atoms with E-state index in [4.69, 9.17) is 34.8 Å². The van der Waals surface area contributed by atoms with Gasteiger partial charge in [-0.2, -0.15) is 10.4 Å². The molecule has 33 heavy (non-hydrogen) atoms. The van der Waals surface area contributed by atoms with Crippen LogP contribution in [0.25, 0.3) is 5.69 Å². The molecule has 9 heteroatoms. The van der Waals surface area contributed by atoms with Gasteiger partial charge in [0.15, 0.2) is 5.82 Å². The minimum absolute atomic E-state index is 0.0822. The Morgan fingerprint density at radius 3 is 2.03 bits per heavy atom. The van der Waals surface area contributed by atoms with E-state index in [0.717, 1.165) is 43.4 Å². The molecule has 1 aromatic carbocycles. The fourth-order valence-corrected chi connectivity index (χ4v) is 4.11. The van der Waals surface area contributed by atoms with Crippen LogP contribution in [-0.4, -0.2) is 21.6 Å². The average molecular weight is 512 g/mol. The number of rotatable bonds is 12. The van der Waals surface area contributed by atoms with Crippen molar-refractivity contribution in [2.75, 3.05) is 4.90 Å². The first-order valence-electron chi connectivity index (χ1n) is 11.3. The molecule has 1 heterocycles. The third-order valence-electron chi connectivity index (χ3n) is 5.31. The summed E-state index contributed by atoms with van der Waals surface area (Å²) in [5.74, 6) is -0.638. The zero-order chi connectivity index (χ0) is 24.4. The molecule has 0 fully saturated rings. The molecule has 178 valence electrons. The number of hydrogen-bond acceptors (Lipinski definition) is 4. The topological polar surface area (TPSA) is 79.0 Å². The number of nitrogens with zero attached hydrogens (tertiary/aromatic N) is 4. The monoisotopic (exact) mass is 510 g/mol. The molecular formula is C24H29Cl3N4O2. The highest BCUT2D eigenvalue weighted by Crippen LogP contribution is 2.37. The number of nitriles is 1. The van der Waals surface area contributed by atoms with Crippen molar-refractivity contribution in [3.05, 3.63) is 39.0 Å². The van der Waals surface area contributed by atoms with Gasteiger partial charge in [0.05, 0.1) is 27.0 Å². The van der Waals surface area contributed by atoms with E-state index in [1.54, 1.807) is 12.1 Å². The van der Waals surface area contributed by atoms with Crippen LogP contribution in [0, 0.1) is 11.3 Å². The molecule has 0 aliphatic rings. The SMILES string of the molecule is CCCCCCC(=O)N(C(=O)CCCCCC)c1c(C#N)cnn1-c1ccc(Cl)c(Cl)c1Cl. The quantitative estimate of drug-likeness (QED) is 0.218. The van der Waals surface area contributed by atoms with Crippen molar-refractivity contribution in [1.29, 1.82) is 5.26 Å². The zero-order valence-electron chi connectivity index (χ0n) is 19.0. The molecule has 0 aliphatic heterocycles. The molecule has 0 saturated heterocycles. The minimum atomic E-state index is -0.360. The zero-order valence-corrected chi connectivity index (χ0v) is 21.3. The van der Waals surface area contributed by atoms with Crippen LogP contribution in [0.1, 0.15) is 83.6 Å². The smallest absolute Gasteiger partial charge is 0.235 e. The Morgan fingerprint density at radius 2 is 1.52 bits per heavy atom. The lowest BCUT2D eigenvalue weighted by Crippen LogP contribution is -2.38. The van der Waals surface area contributed by atoms with E-state index in [0.29, 0.717) is 18.5 Å². The largest absolute Gasteiger partial charge is 0.274 e. The van der Waals surface area contributed by atoms with Gasteiger partial charge in [0, 0.05) is 12.8 Å². The molecular weight excluding hydrogens is 483 g/mol. The van der Waals surface area contributed by atoms with E-state index >= 15 is 0 Å². The van der Waals surface area contributed by atoms with Crippen LogP contribution in [0.5, 0.6) is 0 Å². The number of hydrogen-bond donors (Lipinski definition) is 0. The second-order valence-corrected chi connectivity index (χ2v) is 9.01. The molecule has 2 amide bonds. The van der Waals surface area contributed by atoms with E-state index in [1.807, 2.05) is 6.07 Å². The van der Waals surface area contributed by atoms with E-state index in [1.165, 1.54) is 10.9 Å². The van der Waals surface area contributed by atoms with Gasteiger partial charge in [0.2, 0.25) is 11.8 Å². The van der Waals surface area contributed by atoms with Gasteiger partial charge in [-0.25, -0.2) is 9.58 Å². The first-order valence-corrected chi connectivity index (χ1v) is 12.5. The van der Waals surface area contributed by atoms with Gasteiger partial charge in [-0.3, -0.25) is 9.59 Å². The lowest BCUT2D eigenvalue weighted by molar-refractivity contribution is -0.126. The number of unbranched alkanes of at least 4 members (excludes halogenated alkanes) is 6. The predicted octanol–water partition coefficient (Wildman–Crippen LogP) is 7.50. The van der Waals surface area contributed by atoms with Crippen LogP contribution < -0.4 is 4.90 Å². The second kappa shape index (κ2) is 13.6. The summed E-state index contributed by atoms with van der Waals surface area (Å²) < 4.78 is 1.32. The first-order chi connectivity index (χ1) is 15.9. The van der Waals surface area contributed by atoms with Crippen LogP contribution in [0.15, 0.2) is 18.3 Å². The molecule has 0 radical (unpaired) electrons. The van der Waals surface area contributed by atoms with Crippen molar-refractivity contribution in [3.63, 3.8) is 0 Å². The number of amides is 2. The lowest BCUT2D eigenvalue weighted by atomic mass is 10.1. The first kappa shape index (κ1) is 27.2. The van der Waals surface area contributed by atoms with E-state index in [2.05, 4.69) is 18.9 Å². The third-order valence-corrected chi connectivity index (χ3v) is 6.59. The van der Waals surface area contributed by atoms with Crippen molar-refractivity contribution in [2.24, 2.45) is 0 Å². The molecule has 0 spiro atoms. The predicted molar refractivity (Wildman–Crippen MR) is 133 cm³/mol. The third kappa shape index (κ3) is 6.96. The standard InChI is InChI=1S/C24H29Cl3N4O2/c1-3-5-7-9-11-20(32)30(21(33)12-10-8-6-4-2)24-17(15-28)16-29-31(24)19-14-13-18(25)22(26)23(19)27/h13-14,16H,3-12H2,1-2H3. The van der Waals surface area contributed by atoms with Crippen LogP contribution in [-0.2, 0) is 9.59 Å². The maximum atomic E-state index is 13.3. The Morgan fingerprint density at radius 1 is 0.939 bits per heavy atom. The number of halogens is 3. The fourth-order valence-electron chi connectivity index (χ4n) is 3.50. The van der Waals surface area contributed by atoms with Crippen LogP contribution in [0.2, 0.25) is 15.1 Å². The summed E-state index contributed by atoms with van der Waals surface area (Å²) in [6.45, 7) is 4.18. The Labute approximate surface area is 210 Å². The molecule has 2 aromatic rings. The van der Waals surface area contributed by atoms with E-state index in [-0.39, 0.29) is 51.1 Å². The van der Waals surface area contributed by atoms with E-state index < -0.39 is 0 Å². The van der Waals surface area contributed by atoms with E-state index in [9.17, 15) is 14.9 Å². The number of aromatic nitrogens is 2. The summed E-state index contributed by atoms with van der Waals surface area (Å²) in [5.41, 5.74) is 0.422. The maximum absolute atomic E-state index is 13.3. The minimum Gasteiger partial charge on any atom is -0.274 e. The second-order valence-electron chi connectivity index (χ2n) is 7.84. The van der Waals surface area contributed by atoms with Crippen molar-refractivity contribution in [1.82, 2.24) is 9.78 Å². The van der Waals surface area contributed by atoms with Gasteiger partial charge >= 0.3 is 0 Å². The Hall–Kier alpha value is -2.07. The Kier molecular flexibility index (Phi) is 11.2. The molecule has 0 unspecified atom stereocenters. The van der Waals surface area contributed by atoms with Gasteiger partial charge in [-0.15, -0.1) is 0 Å². The van der Waals surface area contributed by atoms with Crippen LogP contribution in [0.3, 0.4) is 0 Å². The van der Waals surface area contributed by atoms with Crippen molar-refractivity contribution in [3.8, 4) is 11.8 Å². The molecule has 0 bridgehead atoms. The molecule has 1 aromatic heterocycles. The summed E-state index contributed by atoms with van der Waals surface area (Å²) >= 11 is 18.7. The highest BCUT2D eigenvalue weighted by molar-refractivity contribution is 6.48. The molecule has 0 aliphatic carbocycles. The van der Waals surface area contributed by atoms with Crippen LogP contribution in [0.4, 0.5) is 5.82 Å². The van der Waals surface area contributed by atoms with Gasteiger partial charge in [-0.1, -0.05) is 87.2 Å². The summed E-state index contributed by atoms with van der Waals surface area (Å²) in [7, 11) is 0. The number of anilines is 1. The Balaban J connectivity index is 2.50. The summed E-state index contributed by atoms with van der Waals surface area (Å²) in [6, 6.07) is 5.18. The number of carbonyl (C=O) groups excluding carboxylic acids is 2. The molecule has 0 N–H and O–H groups in total. The lowest BCUT2D eigenvalue weighted by Gasteiger charge is -2.23. The van der Waals surface area contributed by atoms with Gasteiger partial charge < -0.3 is 0 Å². The van der Waals surface area contributed by atoms with Crippen molar-refractivity contribution >= 4 is 52.4 Å². The van der Waals surface area contributed by atoms with Gasteiger partial charge in [-0.05, 0) is 25.0 Å². The fraction of sp³-hybridized carbons (Fsp3) is 0.500. The normalized spacial score (nSPS) is 10.8. The number of imide groups is 1. The molecule has 6 nitrogen and oxygen atoms in total. The maximum Gasteiger partial charge on any atom is 0.235 e. The number of benzene rings is 1. The molecule has 0 atom stereocenters. The summed E-state index contributed by atoms with van der Waals surface area (Å²) in [4.78, 5) is 27.6. The summed E-state index contributed by atoms with van der Waals surface area (Å²) in [5, 5.41) is 14.5. The van der Waals surface area contributed by atoms with Crippen molar-refractivity contribution in [2.45, 2.75) is 78.1 Å². The molecule has 2 rings (SSSR count). The molecule has 0 saturated carbocycles.